The first-order valence-corrected chi connectivity index (χ1v) is 8.21. The largest absolute Gasteiger partial charge is 0.398 e. The number of nitrogens with one attached hydrogen (secondary N) is 1. The summed E-state index contributed by atoms with van der Waals surface area (Å²) < 4.78 is 27.7. The Kier molecular flexibility index (Phi) is 5.62. The highest BCUT2D eigenvalue weighted by atomic mass is 79.9. The molecular weight excluding hydrogens is 316 g/mol. The van der Waals surface area contributed by atoms with Crippen LogP contribution in [0.1, 0.15) is 33.1 Å². The summed E-state index contributed by atoms with van der Waals surface area (Å²) in [6.07, 6.45) is 2.87. The van der Waals surface area contributed by atoms with E-state index in [1.165, 1.54) is 6.07 Å². The van der Waals surface area contributed by atoms with Gasteiger partial charge in [-0.1, -0.05) is 35.7 Å². The molecule has 18 heavy (non-hydrogen) atoms. The summed E-state index contributed by atoms with van der Waals surface area (Å²) in [6.45, 7) is 3.94. The van der Waals surface area contributed by atoms with Crippen molar-refractivity contribution in [1.29, 1.82) is 0 Å². The van der Waals surface area contributed by atoms with Gasteiger partial charge in [-0.15, -0.1) is 0 Å². The third-order valence-electron chi connectivity index (χ3n) is 2.61. The molecule has 0 aromatic heterocycles. The van der Waals surface area contributed by atoms with Gasteiger partial charge in [0.15, 0.2) is 0 Å². The molecule has 102 valence electrons. The summed E-state index contributed by atoms with van der Waals surface area (Å²) in [6, 6.07) is 4.68. The molecule has 1 atom stereocenters. The highest BCUT2D eigenvalue weighted by molar-refractivity contribution is 9.10. The molecule has 0 spiro atoms. The van der Waals surface area contributed by atoms with Gasteiger partial charge in [0.25, 0.3) is 0 Å². The summed E-state index contributed by atoms with van der Waals surface area (Å²) in [5, 5.41) is 0. The monoisotopic (exact) mass is 334 g/mol. The average molecular weight is 335 g/mol. The SMILES string of the molecule is CCCCC(C)NS(=O)(=O)c1ccc(Br)cc1N. The third kappa shape index (κ3) is 4.26. The van der Waals surface area contributed by atoms with Gasteiger partial charge in [0.2, 0.25) is 10.0 Å². The number of hydrogen-bond donors (Lipinski definition) is 2. The highest BCUT2D eigenvalue weighted by Gasteiger charge is 2.19. The molecule has 0 fully saturated rings. The number of nitrogen functional groups attached to an aromatic ring is 1. The average Bonchev–Trinajstić information content (AvgIpc) is 2.25. The van der Waals surface area contributed by atoms with E-state index in [4.69, 9.17) is 5.73 Å². The van der Waals surface area contributed by atoms with Crippen LogP contribution in [0.2, 0.25) is 0 Å². The Morgan fingerprint density at radius 3 is 2.67 bits per heavy atom. The molecule has 1 unspecified atom stereocenters. The molecule has 0 aliphatic rings. The van der Waals surface area contributed by atoms with E-state index in [1.54, 1.807) is 12.1 Å². The van der Waals surface area contributed by atoms with E-state index in [-0.39, 0.29) is 16.6 Å². The van der Waals surface area contributed by atoms with E-state index in [0.29, 0.717) is 0 Å². The maximum Gasteiger partial charge on any atom is 0.242 e. The van der Waals surface area contributed by atoms with Gasteiger partial charge in [-0.2, -0.15) is 0 Å². The number of halogens is 1. The number of rotatable bonds is 6. The van der Waals surface area contributed by atoms with Crippen LogP contribution >= 0.6 is 15.9 Å². The molecule has 0 bridgehead atoms. The maximum absolute atomic E-state index is 12.1. The van der Waals surface area contributed by atoms with Crippen LogP contribution in [0.15, 0.2) is 27.6 Å². The van der Waals surface area contributed by atoms with Crippen LogP contribution in [-0.4, -0.2) is 14.5 Å². The van der Waals surface area contributed by atoms with Crippen molar-refractivity contribution in [3.63, 3.8) is 0 Å². The zero-order valence-corrected chi connectivity index (χ0v) is 13.0. The number of benzene rings is 1. The second-order valence-electron chi connectivity index (χ2n) is 4.35. The number of hydrogen-bond acceptors (Lipinski definition) is 3. The minimum absolute atomic E-state index is 0.0852. The summed E-state index contributed by atoms with van der Waals surface area (Å²) >= 11 is 3.25. The fourth-order valence-electron chi connectivity index (χ4n) is 1.66. The molecule has 0 amide bonds. The van der Waals surface area contributed by atoms with E-state index in [0.717, 1.165) is 23.7 Å². The lowest BCUT2D eigenvalue weighted by Gasteiger charge is -2.15. The van der Waals surface area contributed by atoms with Gasteiger partial charge < -0.3 is 5.73 Å². The standard InChI is InChI=1S/C12H19BrN2O2S/c1-3-4-5-9(2)15-18(16,17)12-7-6-10(13)8-11(12)14/h6-9,15H,3-5,14H2,1-2H3. The van der Waals surface area contributed by atoms with Crippen molar-refractivity contribution < 1.29 is 8.42 Å². The van der Waals surface area contributed by atoms with Crippen molar-refractivity contribution in [2.45, 2.75) is 44.0 Å². The summed E-state index contributed by atoms with van der Waals surface area (Å²) in [7, 11) is -3.53. The van der Waals surface area contributed by atoms with Gasteiger partial charge in [-0.05, 0) is 31.5 Å². The van der Waals surface area contributed by atoms with Gasteiger partial charge in [0.1, 0.15) is 4.90 Å². The Morgan fingerprint density at radius 2 is 2.11 bits per heavy atom. The van der Waals surface area contributed by atoms with Crippen molar-refractivity contribution in [3.8, 4) is 0 Å². The zero-order valence-electron chi connectivity index (χ0n) is 10.6. The minimum Gasteiger partial charge on any atom is -0.398 e. The molecule has 0 saturated heterocycles. The lowest BCUT2D eigenvalue weighted by Crippen LogP contribution is -2.32. The maximum atomic E-state index is 12.1. The van der Waals surface area contributed by atoms with Crippen LogP contribution in [0, 0.1) is 0 Å². The Morgan fingerprint density at radius 1 is 1.44 bits per heavy atom. The first-order valence-electron chi connectivity index (χ1n) is 5.94. The Hall–Kier alpha value is -0.590. The zero-order chi connectivity index (χ0) is 13.8. The lowest BCUT2D eigenvalue weighted by atomic mass is 10.2. The van der Waals surface area contributed by atoms with Crippen molar-refractivity contribution in [2.75, 3.05) is 5.73 Å². The predicted molar refractivity (Wildman–Crippen MR) is 77.9 cm³/mol. The topological polar surface area (TPSA) is 72.2 Å². The van der Waals surface area contributed by atoms with Crippen LogP contribution in [-0.2, 0) is 10.0 Å². The quantitative estimate of drug-likeness (QED) is 0.785. The molecule has 0 aliphatic carbocycles. The normalized spacial score (nSPS) is 13.5. The molecule has 1 rings (SSSR count). The van der Waals surface area contributed by atoms with Crippen molar-refractivity contribution in [1.82, 2.24) is 4.72 Å². The van der Waals surface area contributed by atoms with Crippen LogP contribution < -0.4 is 10.5 Å². The van der Waals surface area contributed by atoms with Gasteiger partial charge in [-0.3, -0.25) is 0 Å². The number of anilines is 1. The Labute approximate surface area is 117 Å². The van der Waals surface area contributed by atoms with E-state index < -0.39 is 10.0 Å². The van der Waals surface area contributed by atoms with E-state index in [1.807, 2.05) is 6.92 Å². The smallest absolute Gasteiger partial charge is 0.242 e. The predicted octanol–water partition coefficient (Wildman–Crippen LogP) is 2.89. The number of unbranched alkanes of at least 4 members (excludes halogenated alkanes) is 1. The molecule has 3 N–H and O–H groups in total. The summed E-state index contributed by atoms with van der Waals surface area (Å²) in [5.41, 5.74) is 5.98. The highest BCUT2D eigenvalue weighted by Crippen LogP contribution is 2.23. The van der Waals surface area contributed by atoms with E-state index in [2.05, 4.69) is 27.6 Å². The Balaban J connectivity index is 2.86. The molecule has 1 aromatic rings. The van der Waals surface area contributed by atoms with Crippen molar-refractivity contribution in [3.05, 3.63) is 22.7 Å². The van der Waals surface area contributed by atoms with Crippen LogP contribution in [0.25, 0.3) is 0 Å². The number of sulfonamides is 1. The molecule has 6 heteroatoms. The van der Waals surface area contributed by atoms with Gasteiger partial charge in [0.05, 0.1) is 5.69 Å². The van der Waals surface area contributed by atoms with Crippen LogP contribution in [0.4, 0.5) is 5.69 Å². The van der Waals surface area contributed by atoms with Crippen LogP contribution in [0.5, 0.6) is 0 Å². The van der Waals surface area contributed by atoms with Gasteiger partial charge >= 0.3 is 0 Å². The molecule has 0 saturated carbocycles. The van der Waals surface area contributed by atoms with Crippen molar-refractivity contribution in [2.24, 2.45) is 0 Å². The second kappa shape index (κ2) is 6.54. The lowest BCUT2D eigenvalue weighted by molar-refractivity contribution is 0.534. The Bertz CT molecular complexity index is 503. The summed E-state index contributed by atoms with van der Waals surface area (Å²) in [5.74, 6) is 0. The number of nitrogens with two attached hydrogens (primary N) is 1. The second-order valence-corrected chi connectivity index (χ2v) is 6.94. The summed E-state index contributed by atoms with van der Waals surface area (Å²) in [4.78, 5) is 0.133. The van der Waals surface area contributed by atoms with Crippen LogP contribution in [0.3, 0.4) is 0 Å². The minimum atomic E-state index is -3.53. The van der Waals surface area contributed by atoms with E-state index in [9.17, 15) is 8.42 Å². The molecule has 1 aromatic carbocycles. The molecule has 0 aliphatic heterocycles. The van der Waals surface area contributed by atoms with Gasteiger partial charge in [-0.25, -0.2) is 13.1 Å². The van der Waals surface area contributed by atoms with E-state index >= 15 is 0 Å². The molecule has 0 heterocycles. The fourth-order valence-corrected chi connectivity index (χ4v) is 3.43. The third-order valence-corrected chi connectivity index (χ3v) is 4.77. The van der Waals surface area contributed by atoms with Crippen molar-refractivity contribution >= 4 is 31.6 Å². The fraction of sp³-hybridized carbons (Fsp3) is 0.500. The molecule has 4 nitrogen and oxygen atoms in total. The van der Waals surface area contributed by atoms with Gasteiger partial charge in [0, 0.05) is 10.5 Å². The first kappa shape index (κ1) is 15.5. The first-order chi connectivity index (χ1) is 8.36. The molecule has 0 radical (unpaired) electrons. The molecular formula is C12H19BrN2O2S.